The Hall–Kier alpha value is -2.51. The van der Waals surface area contributed by atoms with E-state index in [1.807, 2.05) is 0 Å². The van der Waals surface area contributed by atoms with Crippen molar-refractivity contribution in [2.75, 3.05) is 5.32 Å². The Labute approximate surface area is 118 Å². The summed E-state index contributed by atoms with van der Waals surface area (Å²) < 4.78 is 26.6. The molecule has 0 aliphatic rings. The molecule has 1 unspecified atom stereocenters. The predicted molar refractivity (Wildman–Crippen MR) is 68.0 cm³/mol. The fourth-order valence-corrected chi connectivity index (χ4v) is 1.70. The third-order valence-corrected chi connectivity index (χ3v) is 2.62. The van der Waals surface area contributed by atoms with Gasteiger partial charge in [0.2, 0.25) is 5.91 Å². The normalized spacial score (nSPS) is 11.8. The minimum Gasteiger partial charge on any atom is -0.481 e. The first kappa shape index (κ1) is 16.5. The maximum Gasteiger partial charge on any atom is 0.338 e. The molecule has 0 aliphatic heterocycles. The van der Waals surface area contributed by atoms with Gasteiger partial charge in [0.05, 0.1) is 11.3 Å². The summed E-state index contributed by atoms with van der Waals surface area (Å²) >= 11 is 0. The molecular formula is C13H13F2NO5. The van der Waals surface area contributed by atoms with Crippen LogP contribution in [-0.4, -0.2) is 28.1 Å². The van der Waals surface area contributed by atoms with Crippen molar-refractivity contribution in [2.45, 2.75) is 19.8 Å². The van der Waals surface area contributed by atoms with Gasteiger partial charge in [-0.05, 0) is 12.0 Å². The lowest BCUT2D eigenvalue weighted by Gasteiger charge is -2.11. The van der Waals surface area contributed by atoms with Gasteiger partial charge in [0, 0.05) is 18.9 Å². The van der Waals surface area contributed by atoms with Crippen LogP contribution in [0.1, 0.15) is 30.1 Å². The van der Waals surface area contributed by atoms with Gasteiger partial charge in [-0.1, -0.05) is 6.92 Å². The second kappa shape index (κ2) is 6.78. The van der Waals surface area contributed by atoms with Gasteiger partial charge in [0.25, 0.3) is 0 Å². The van der Waals surface area contributed by atoms with E-state index in [4.69, 9.17) is 10.2 Å². The lowest BCUT2D eigenvalue weighted by atomic mass is 10.0. The fraction of sp³-hybridized carbons (Fsp3) is 0.308. The molecule has 0 fully saturated rings. The summed E-state index contributed by atoms with van der Waals surface area (Å²) in [6.07, 6.45) is -0.425. The lowest BCUT2D eigenvalue weighted by Crippen LogP contribution is -2.18. The predicted octanol–water partition coefficient (Wildman–Crippen LogP) is 2.10. The Morgan fingerprint density at radius 3 is 2.29 bits per heavy atom. The highest BCUT2D eigenvalue weighted by atomic mass is 19.1. The molecule has 0 aromatic heterocycles. The highest BCUT2D eigenvalue weighted by molar-refractivity contribution is 5.94. The van der Waals surface area contributed by atoms with E-state index >= 15 is 0 Å². The van der Waals surface area contributed by atoms with E-state index in [2.05, 4.69) is 5.32 Å². The number of aromatic carboxylic acids is 1. The number of hydrogen-bond donors (Lipinski definition) is 3. The molecule has 0 saturated carbocycles. The quantitative estimate of drug-likeness (QED) is 0.746. The van der Waals surface area contributed by atoms with Gasteiger partial charge in [-0.2, -0.15) is 0 Å². The molecule has 1 rings (SSSR count). The van der Waals surface area contributed by atoms with Crippen molar-refractivity contribution in [3.05, 3.63) is 29.3 Å². The van der Waals surface area contributed by atoms with Crippen molar-refractivity contribution in [1.29, 1.82) is 0 Å². The van der Waals surface area contributed by atoms with Crippen LogP contribution in [0, 0.1) is 17.6 Å². The van der Waals surface area contributed by atoms with Gasteiger partial charge in [0.1, 0.15) is 11.6 Å². The van der Waals surface area contributed by atoms with Crippen LogP contribution in [0.5, 0.6) is 0 Å². The molecule has 0 heterocycles. The van der Waals surface area contributed by atoms with E-state index in [-0.39, 0.29) is 12.8 Å². The van der Waals surface area contributed by atoms with E-state index in [0.717, 1.165) is 0 Å². The van der Waals surface area contributed by atoms with Crippen LogP contribution < -0.4 is 5.32 Å². The van der Waals surface area contributed by atoms with E-state index in [1.54, 1.807) is 0 Å². The summed E-state index contributed by atoms with van der Waals surface area (Å²) in [4.78, 5) is 32.8. The van der Waals surface area contributed by atoms with Gasteiger partial charge in [-0.25, -0.2) is 13.6 Å². The second-order valence-corrected chi connectivity index (χ2v) is 4.57. The van der Waals surface area contributed by atoms with Crippen molar-refractivity contribution in [1.82, 2.24) is 0 Å². The summed E-state index contributed by atoms with van der Waals surface area (Å²) in [7, 11) is 0. The van der Waals surface area contributed by atoms with Crippen LogP contribution in [0.15, 0.2) is 12.1 Å². The molecule has 0 radical (unpaired) electrons. The molecule has 0 spiro atoms. The first-order valence-electron chi connectivity index (χ1n) is 5.94. The van der Waals surface area contributed by atoms with E-state index < -0.39 is 46.6 Å². The number of anilines is 1. The summed E-state index contributed by atoms with van der Waals surface area (Å²) in [6.45, 7) is 1.53. The molecule has 21 heavy (non-hydrogen) atoms. The third kappa shape index (κ3) is 4.83. The summed E-state index contributed by atoms with van der Waals surface area (Å²) in [5, 5.41) is 19.4. The number of hydrogen-bond acceptors (Lipinski definition) is 3. The van der Waals surface area contributed by atoms with E-state index in [0.29, 0.717) is 12.1 Å². The molecule has 0 aliphatic carbocycles. The fourth-order valence-electron chi connectivity index (χ4n) is 1.70. The van der Waals surface area contributed by atoms with Crippen LogP contribution in [0.3, 0.4) is 0 Å². The minimum atomic E-state index is -1.60. The van der Waals surface area contributed by atoms with Gasteiger partial charge < -0.3 is 15.5 Å². The average molecular weight is 301 g/mol. The van der Waals surface area contributed by atoms with Crippen molar-refractivity contribution >= 4 is 23.5 Å². The van der Waals surface area contributed by atoms with Crippen LogP contribution in [0.25, 0.3) is 0 Å². The van der Waals surface area contributed by atoms with Crippen molar-refractivity contribution in [3.63, 3.8) is 0 Å². The van der Waals surface area contributed by atoms with Gasteiger partial charge >= 0.3 is 11.9 Å². The first-order valence-corrected chi connectivity index (χ1v) is 5.94. The van der Waals surface area contributed by atoms with Gasteiger partial charge in [-0.15, -0.1) is 0 Å². The van der Waals surface area contributed by atoms with E-state index in [9.17, 15) is 23.2 Å². The molecule has 6 nitrogen and oxygen atoms in total. The zero-order chi connectivity index (χ0) is 16.2. The minimum absolute atomic E-state index is 0.189. The number of carbonyl (C=O) groups is 3. The molecule has 1 aromatic rings. The number of nitrogens with one attached hydrogen (secondary N) is 1. The van der Waals surface area contributed by atoms with Gasteiger partial charge in [0.15, 0.2) is 0 Å². The van der Waals surface area contributed by atoms with Crippen LogP contribution >= 0.6 is 0 Å². The molecule has 0 bridgehead atoms. The Bertz CT molecular complexity index is 588. The lowest BCUT2D eigenvalue weighted by molar-refractivity contribution is -0.138. The van der Waals surface area contributed by atoms with E-state index in [1.165, 1.54) is 6.92 Å². The number of carboxylic acid groups (broad SMARTS) is 2. The number of rotatable bonds is 6. The monoisotopic (exact) mass is 301 g/mol. The number of carboxylic acids is 2. The van der Waals surface area contributed by atoms with Crippen molar-refractivity contribution in [3.8, 4) is 0 Å². The van der Waals surface area contributed by atoms with Gasteiger partial charge in [-0.3, -0.25) is 9.59 Å². The van der Waals surface area contributed by atoms with Crippen LogP contribution in [0.2, 0.25) is 0 Å². The Morgan fingerprint density at radius 2 is 1.76 bits per heavy atom. The average Bonchev–Trinajstić information content (AvgIpc) is 2.30. The Kier molecular flexibility index (Phi) is 5.34. The highest BCUT2D eigenvalue weighted by Gasteiger charge is 2.18. The Balaban J connectivity index is 2.83. The molecule has 114 valence electrons. The van der Waals surface area contributed by atoms with Crippen molar-refractivity contribution < 1.29 is 33.4 Å². The first-order chi connectivity index (χ1) is 9.70. The second-order valence-electron chi connectivity index (χ2n) is 4.57. The molecule has 1 atom stereocenters. The molecule has 1 aromatic carbocycles. The van der Waals surface area contributed by atoms with Crippen LogP contribution in [-0.2, 0) is 9.59 Å². The zero-order valence-electron chi connectivity index (χ0n) is 11.0. The number of amides is 1. The summed E-state index contributed by atoms with van der Waals surface area (Å²) in [5.74, 6) is -6.21. The molecule has 8 heteroatoms. The highest BCUT2D eigenvalue weighted by Crippen LogP contribution is 2.20. The third-order valence-electron chi connectivity index (χ3n) is 2.62. The SMILES string of the molecule is CC(CC(=O)O)CC(=O)Nc1cc(C(=O)O)c(F)cc1F. The maximum absolute atomic E-state index is 13.5. The number of halogens is 2. The maximum atomic E-state index is 13.5. The zero-order valence-corrected chi connectivity index (χ0v) is 11.0. The Morgan fingerprint density at radius 1 is 1.14 bits per heavy atom. The molecule has 3 N–H and O–H groups in total. The summed E-state index contributed by atoms with van der Waals surface area (Å²) in [5.41, 5.74) is -1.24. The molecular weight excluding hydrogens is 288 g/mol. The molecule has 0 saturated heterocycles. The largest absolute Gasteiger partial charge is 0.481 e. The topological polar surface area (TPSA) is 104 Å². The number of carbonyl (C=O) groups excluding carboxylic acids is 1. The summed E-state index contributed by atoms with van der Waals surface area (Å²) in [6, 6.07) is 1.03. The van der Waals surface area contributed by atoms with Crippen LogP contribution in [0.4, 0.5) is 14.5 Å². The number of benzene rings is 1. The standard InChI is InChI=1S/C13H13F2NO5/c1-6(3-12(18)19)2-11(17)16-10-4-7(13(20)21)8(14)5-9(10)15/h4-6H,2-3H2,1H3,(H,16,17)(H,18,19)(H,20,21). The smallest absolute Gasteiger partial charge is 0.338 e. The molecule has 1 amide bonds. The number of aliphatic carboxylic acids is 1. The van der Waals surface area contributed by atoms with Crippen molar-refractivity contribution in [2.24, 2.45) is 5.92 Å².